The van der Waals surface area contributed by atoms with Crippen molar-refractivity contribution in [2.75, 3.05) is 5.32 Å². The number of hydrogen-bond donors (Lipinski definition) is 2. The molecule has 0 aliphatic heterocycles. The van der Waals surface area contributed by atoms with Crippen molar-refractivity contribution < 1.29 is 5.11 Å². The Labute approximate surface area is 157 Å². The van der Waals surface area contributed by atoms with Gasteiger partial charge in [-0.3, -0.25) is 4.99 Å². The number of phenolic OH excluding ortho intramolecular Hbond substituents is 1. The molecule has 5 heteroatoms. The van der Waals surface area contributed by atoms with Crippen LogP contribution < -0.4 is 5.32 Å². The maximum Gasteiger partial charge on any atom is 0.138 e. The molecule has 3 nitrogen and oxygen atoms in total. The van der Waals surface area contributed by atoms with Gasteiger partial charge in [0.25, 0.3) is 0 Å². The molecule has 2 N–H and O–H groups in total. The minimum Gasteiger partial charge on any atom is -0.506 e. The Hall–Kier alpha value is -2.11. The Morgan fingerprint density at radius 1 is 0.875 bits per heavy atom. The molecule has 0 amide bonds. The van der Waals surface area contributed by atoms with Gasteiger partial charge in [-0.25, -0.2) is 0 Å². The number of para-hydroxylation sites is 1. The van der Waals surface area contributed by atoms with Gasteiger partial charge < -0.3 is 10.4 Å². The number of anilines is 2. The van der Waals surface area contributed by atoms with Crippen molar-refractivity contribution in [1.29, 1.82) is 0 Å². The van der Waals surface area contributed by atoms with Crippen LogP contribution in [-0.4, -0.2) is 11.3 Å². The molecule has 0 radical (unpaired) electrons. The maximum atomic E-state index is 10.0. The van der Waals surface area contributed by atoms with Crippen LogP contribution in [-0.2, 0) is 0 Å². The predicted molar refractivity (Wildman–Crippen MR) is 107 cm³/mol. The van der Waals surface area contributed by atoms with E-state index in [9.17, 15) is 5.11 Å². The van der Waals surface area contributed by atoms with E-state index < -0.39 is 0 Å². The molecule has 0 atom stereocenters. The second-order valence-corrected chi connectivity index (χ2v) is 6.89. The lowest BCUT2D eigenvalue weighted by atomic mass is 10.2. The van der Waals surface area contributed by atoms with Crippen molar-refractivity contribution in [2.45, 2.75) is 0 Å². The average Bonchev–Trinajstić information content (AvgIpc) is 2.59. The molecule has 24 heavy (non-hydrogen) atoms. The number of halogens is 2. The summed E-state index contributed by atoms with van der Waals surface area (Å²) in [6, 6.07) is 21.4. The third kappa shape index (κ3) is 4.24. The van der Waals surface area contributed by atoms with Gasteiger partial charge in [0, 0.05) is 27.6 Å². The molecule has 3 aromatic rings. The van der Waals surface area contributed by atoms with E-state index in [-0.39, 0.29) is 5.75 Å². The number of benzene rings is 3. The fourth-order valence-electron chi connectivity index (χ4n) is 2.15. The highest BCUT2D eigenvalue weighted by Crippen LogP contribution is 2.31. The third-order valence-corrected chi connectivity index (χ3v) is 4.40. The van der Waals surface area contributed by atoms with Crippen molar-refractivity contribution in [1.82, 2.24) is 0 Å². The molecular weight excluding hydrogens is 432 g/mol. The Morgan fingerprint density at radius 3 is 2.25 bits per heavy atom. The highest BCUT2D eigenvalue weighted by Gasteiger charge is 2.05. The van der Waals surface area contributed by atoms with Crippen LogP contribution in [0.25, 0.3) is 0 Å². The summed E-state index contributed by atoms with van der Waals surface area (Å²) >= 11 is 6.72. The fraction of sp³-hybridized carbons (Fsp3) is 0. The highest BCUT2D eigenvalue weighted by molar-refractivity contribution is 9.11. The second kappa shape index (κ2) is 7.64. The van der Waals surface area contributed by atoms with E-state index >= 15 is 0 Å². The molecule has 120 valence electrons. The van der Waals surface area contributed by atoms with Crippen LogP contribution in [0.15, 0.2) is 80.7 Å². The van der Waals surface area contributed by atoms with Gasteiger partial charge in [-0.2, -0.15) is 0 Å². The topological polar surface area (TPSA) is 44.6 Å². The Kier molecular flexibility index (Phi) is 5.33. The summed E-state index contributed by atoms with van der Waals surface area (Å²) in [6.45, 7) is 0. The van der Waals surface area contributed by atoms with Crippen LogP contribution in [0, 0.1) is 0 Å². The van der Waals surface area contributed by atoms with Gasteiger partial charge in [0.1, 0.15) is 5.75 Å². The van der Waals surface area contributed by atoms with E-state index in [0.29, 0.717) is 10.0 Å². The first-order valence-corrected chi connectivity index (χ1v) is 8.84. The van der Waals surface area contributed by atoms with Crippen LogP contribution in [0.1, 0.15) is 5.56 Å². The normalized spacial score (nSPS) is 10.9. The number of nitrogens with one attached hydrogen (secondary N) is 1. The monoisotopic (exact) mass is 444 g/mol. The molecule has 3 rings (SSSR count). The lowest BCUT2D eigenvalue weighted by Crippen LogP contribution is -1.88. The molecule has 0 unspecified atom stereocenters. The van der Waals surface area contributed by atoms with Crippen LogP contribution in [0.3, 0.4) is 0 Å². The highest BCUT2D eigenvalue weighted by atomic mass is 79.9. The Morgan fingerprint density at radius 2 is 1.54 bits per heavy atom. The smallest absolute Gasteiger partial charge is 0.138 e. The standard InChI is InChI=1S/C19H14Br2N2O/c20-14-10-13(19(24)18(21)11-14)12-22-15-6-8-17(9-7-15)23-16-4-2-1-3-5-16/h1-12,23-24H. The summed E-state index contributed by atoms with van der Waals surface area (Å²) in [5.74, 6) is 0.171. The zero-order chi connectivity index (χ0) is 16.9. The lowest BCUT2D eigenvalue weighted by molar-refractivity contribution is 0.471. The summed E-state index contributed by atoms with van der Waals surface area (Å²) in [7, 11) is 0. The van der Waals surface area contributed by atoms with Crippen molar-refractivity contribution in [3.63, 3.8) is 0 Å². The van der Waals surface area contributed by atoms with Gasteiger partial charge in [0.05, 0.1) is 10.2 Å². The zero-order valence-corrected chi connectivity index (χ0v) is 15.8. The summed E-state index contributed by atoms with van der Waals surface area (Å²) in [6.07, 6.45) is 1.64. The minimum atomic E-state index is 0.171. The fourth-order valence-corrected chi connectivity index (χ4v) is 3.41. The number of aromatic hydroxyl groups is 1. The maximum absolute atomic E-state index is 10.0. The molecule has 0 fully saturated rings. The van der Waals surface area contributed by atoms with Crippen molar-refractivity contribution in [3.8, 4) is 5.75 Å². The van der Waals surface area contributed by atoms with Crippen LogP contribution in [0.5, 0.6) is 5.75 Å². The summed E-state index contributed by atoms with van der Waals surface area (Å²) in [4.78, 5) is 4.41. The van der Waals surface area contributed by atoms with Crippen LogP contribution in [0.2, 0.25) is 0 Å². The van der Waals surface area contributed by atoms with E-state index in [0.717, 1.165) is 21.5 Å². The minimum absolute atomic E-state index is 0.171. The van der Waals surface area contributed by atoms with Crippen molar-refractivity contribution >= 4 is 55.1 Å². The molecule has 0 heterocycles. The van der Waals surface area contributed by atoms with Crippen molar-refractivity contribution in [2.24, 2.45) is 4.99 Å². The number of aliphatic imine (C=N–C) groups is 1. The van der Waals surface area contributed by atoms with E-state index in [1.165, 1.54) is 0 Å². The quantitative estimate of drug-likeness (QED) is 0.455. The largest absolute Gasteiger partial charge is 0.506 e. The summed E-state index contributed by atoms with van der Waals surface area (Å²) < 4.78 is 1.50. The molecule has 0 saturated heterocycles. The molecule has 0 aliphatic carbocycles. The first kappa shape index (κ1) is 16.7. The van der Waals surface area contributed by atoms with Gasteiger partial charge >= 0.3 is 0 Å². The molecule has 0 saturated carbocycles. The SMILES string of the molecule is Oc1c(Br)cc(Br)cc1C=Nc1ccc(Nc2ccccc2)cc1. The van der Waals surface area contributed by atoms with Gasteiger partial charge in [-0.15, -0.1) is 0 Å². The number of phenols is 1. The first-order valence-electron chi connectivity index (χ1n) is 7.26. The molecule has 3 aromatic carbocycles. The van der Waals surface area contributed by atoms with Crippen LogP contribution in [0.4, 0.5) is 17.1 Å². The van der Waals surface area contributed by atoms with Gasteiger partial charge in [0.2, 0.25) is 0 Å². The van der Waals surface area contributed by atoms with E-state index in [1.807, 2.05) is 60.7 Å². The van der Waals surface area contributed by atoms with Gasteiger partial charge in [-0.1, -0.05) is 34.1 Å². The Bertz CT molecular complexity index is 863. The van der Waals surface area contributed by atoms with Gasteiger partial charge in [-0.05, 0) is 64.5 Å². The Balaban J connectivity index is 1.75. The molecule has 0 bridgehead atoms. The predicted octanol–water partition coefficient (Wildman–Crippen LogP) is 6.41. The number of hydrogen-bond acceptors (Lipinski definition) is 3. The first-order chi connectivity index (χ1) is 11.6. The van der Waals surface area contributed by atoms with E-state index in [2.05, 4.69) is 42.2 Å². The van der Waals surface area contributed by atoms with E-state index in [4.69, 9.17) is 0 Å². The van der Waals surface area contributed by atoms with Crippen molar-refractivity contribution in [3.05, 3.63) is 81.2 Å². The van der Waals surface area contributed by atoms with Gasteiger partial charge in [0.15, 0.2) is 0 Å². The van der Waals surface area contributed by atoms with Crippen LogP contribution >= 0.6 is 31.9 Å². The third-order valence-electron chi connectivity index (χ3n) is 3.34. The molecular formula is C19H14Br2N2O. The second-order valence-electron chi connectivity index (χ2n) is 5.12. The van der Waals surface area contributed by atoms with E-state index in [1.54, 1.807) is 12.3 Å². The molecule has 0 spiro atoms. The average molecular weight is 446 g/mol. The molecule has 0 aliphatic rings. The number of rotatable bonds is 4. The zero-order valence-electron chi connectivity index (χ0n) is 12.6. The summed E-state index contributed by atoms with van der Waals surface area (Å²) in [5.41, 5.74) is 3.48. The molecule has 0 aromatic heterocycles. The summed E-state index contributed by atoms with van der Waals surface area (Å²) in [5, 5.41) is 13.4. The number of nitrogens with zero attached hydrogens (tertiary/aromatic N) is 1. The lowest BCUT2D eigenvalue weighted by Gasteiger charge is -2.06.